The van der Waals surface area contributed by atoms with Crippen LogP contribution >= 0.6 is 11.3 Å². The molecule has 256 valence electrons. The Morgan fingerprint density at radius 3 is 1.65 bits per heavy atom. The number of thiophene rings is 1. The molecule has 0 aliphatic heterocycles. The van der Waals surface area contributed by atoms with Gasteiger partial charge in [-0.05, 0) is 80.8 Å². The maximum Gasteiger partial charge on any atom is 0.0726 e. The maximum absolute atomic E-state index is 2.53. The van der Waals surface area contributed by atoms with Gasteiger partial charge in [-0.1, -0.05) is 146 Å². The first kappa shape index (κ1) is 30.5. The molecule has 0 aliphatic rings. The van der Waals surface area contributed by atoms with E-state index in [-0.39, 0.29) is 0 Å². The molecule has 12 aromatic rings. The van der Waals surface area contributed by atoms with Gasteiger partial charge in [-0.3, -0.25) is 0 Å². The van der Waals surface area contributed by atoms with Crippen LogP contribution in [0, 0.1) is 0 Å². The first-order valence-electron chi connectivity index (χ1n) is 18.9. The zero-order chi connectivity index (χ0) is 36.0. The Bertz CT molecular complexity index is 3420. The van der Waals surface area contributed by atoms with Gasteiger partial charge in [0, 0.05) is 48.4 Å². The number of aromatic nitrogens is 1. The number of rotatable bonds is 4. The summed E-state index contributed by atoms with van der Waals surface area (Å²) < 4.78 is 5.16. The predicted molar refractivity (Wildman–Crippen MR) is 238 cm³/mol. The van der Waals surface area contributed by atoms with E-state index >= 15 is 0 Å². The fourth-order valence-electron chi connectivity index (χ4n) is 9.10. The highest BCUT2D eigenvalue weighted by Gasteiger charge is 2.24. The summed E-state index contributed by atoms with van der Waals surface area (Å²) in [6.45, 7) is 0. The minimum atomic E-state index is 1.12. The highest BCUT2D eigenvalue weighted by Crippen LogP contribution is 2.50. The van der Waals surface area contributed by atoms with Crippen molar-refractivity contribution in [2.45, 2.75) is 0 Å². The molecule has 0 N–H and O–H groups in total. The monoisotopic (exact) mass is 716 g/mol. The standard InChI is InChI=1S/C52H32N2S/c1-2-16-36-31-37(28-27-33(36)13-1)54-47-30-29-38(32-44(47)49-41-21-7-8-22-42(41)50-43-23-9-10-26-48(43)55-52(50)51(49)54)53(45-24-11-17-34-14-3-5-19-39(34)45)46-25-12-18-35-15-4-6-20-40(35)46/h1-32H. The van der Waals surface area contributed by atoms with Gasteiger partial charge in [0.1, 0.15) is 0 Å². The highest BCUT2D eigenvalue weighted by atomic mass is 32.1. The van der Waals surface area contributed by atoms with Gasteiger partial charge in [0.25, 0.3) is 0 Å². The summed E-state index contributed by atoms with van der Waals surface area (Å²) in [5.74, 6) is 0. The van der Waals surface area contributed by atoms with Crippen LogP contribution in [0.3, 0.4) is 0 Å². The normalized spacial score (nSPS) is 12.0. The molecule has 55 heavy (non-hydrogen) atoms. The van der Waals surface area contributed by atoms with Crippen LogP contribution in [0.1, 0.15) is 0 Å². The van der Waals surface area contributed by atoms with Gasteiger partial charge >= 0.3 is 0 Å². The molecule has 0 spiro atoms. The number of hydrogen-bond acceptors (Lipinski definition) is 2. The van der Waals surface area contributed by atoms with Crippen LogP contribution in [-0.2, 0) is 0 Å². The average molecular weight is 717 g/mol. The van der Waals surface area contributed by atoms with Crippen molar-refractivity contribution in [2.24, 2.45) is 0 Å². The molecule has 0 radical (unpaired) electrons. The third kappa shape index (κ3) is 4.48. The van der Waals surface area contributed by atoms with Crippen molar-refractivity contribution in [1.29, 1.82) is 0 Å². The van der Waals surface area contributed by atoms with Crippen molar-refractivity contribution in [3.63, 3.8) is 0 Å². The van der Waals surface area contributed by atoms with Crippen LogP contribution < -0.4 is 4.90 Å². The highest BCUT2D eigenvalue weighted by molar-refractivity contribution is 7.27. The lowest BCUT2D eigenvalue weighted by Gasteiger charge is -2.28. The Kier molecular flexibility index (Phi) is 6.54. The van der Waals surface area contributed by atoms with Gasteiger partial charge in [0.2, 0.25) is 0 Å². The Hall–Kier alpha value is -6.94. The van der Waals surface area contributed by atoms with Gasteiger partial charge in [-0.15, -0.1) is 11.3 Å². The summed E-state index contributed by atoms with van der Waals surface area (Å²) in [5.41, 5.74) is 7.06. The molecular formula is C52H32N2S. The molecule has 0 saturated carbocycles. The van der Waals surface area contributed by atoms with Crippen LogP contribution in [0.4, 0.5) is 17.1 Å². The van der Waals surface area contributed by atoms with Crippen LogP contribution in [0.15, 0.2) is 194 Å². The van der Waals surface area contributed by atoms with Gasteiger partial charge in [-0.2, -0.15) is 0 Å². The molecule has 0 amide bonds. The Balaban J connectivity index is 1.25. The molecule has 10 aromatic carbocycles. The molecule has 2 heterocycles. The first-order valence-corrected chi connectivity index (χ1v) is 19.7. The molecule has 0 unspecified atom stereocenters. The molecule has 0 bridgehead atoms. The molecule has 12 rings (SSSR count). The molecule has 0 atom stereocenters. The minimum Gasteiger partial charge on any atom is -0.309 e. The molecular weight excluding hydrogens is 685 g/mol. The second-order valence-corrected chi connectivity index (χ2v) is 15.5. The van der Waals surface area contributed by atoms with Crippen molar-refractivity contribution in [2.75, 3.05) is 4.90 Å². The molecule has 0 saturated heterocycles. The molecule has 2 aromatic heterocycles. The van der Waals surface area contributed by atoms with E-state index in [0.29, 0.717) is 0 Å². The minimum absolute atomic E-state index is 1.12. The van der Waals surface area contributed by atoms with Crippen LogP contribution in [0.2, 0.25) is 0 Å². The van der Waals surface area contributed by atoms with Gasteiger partial charge in [0.05, 0.1) is 27.1 Å². The predicted octanol–water partition coefficient (Wildman–Crippen LogP) is 15.2. The van der Waals surface area contributed by atoms with Crippen LogP contribution in [0.5, 0.6) is 0 Å². The van der Waals surface area contributed by atoms with Crippen molar-refractivity contribution in [3.05, 3.63) is 194 Å². The smallest absolute Gasteiger partial charge is 0.0726 e. The lowest BCUT2D eigenvalue weighted by Crippen LogP contribution is -2.11. The number of hydrogen-bond donors (Lipinski definition) is 0. The number of nitrogens with zero attached hydrogens (tertiary/aromatic N) is 2. The zero-order valence-electron chi connectivity index (χ0n) is 29.8. The lowest BCUT2D eigenvalue weighted by atomic mass is 9.98. The van der Waals surface area contributed by atoms with Crippen molar-refractivity contribution >= 4 is 113 Å². The molecule has 0 fully saturated rings. The van der Waals surface area contributed by atoms with E-state index in [9.17, 15) is 0 Å². The first-order chi connectivity index (χ1) is 27.3. The van der Waals surface area contributed by atoms with E-state index in [4.69, 9.17) is 0 Å². The van der Waals surface area contributed by atoms with E-state index in [1.807, 2.05) is 11.3 Å². The third-order valence-electron chi connectivity index (χ3n) is 11.5. The summed E-state index contributed by atoms with van der Waals surface area (Å²) >= 11 is 1.91. The maximum atomic E-state index is 2.53. The van der Waals surface area contributed by atoms with Crippen molar-refractivity contribution in [3.8, 4) is 5.69 Å². The van der Waals surface area contributed by atoms with Crippen LogP contribution in [0.25, 0.3) is 90.8 Å². The topological polar surface area (TPSA) is 8.17 Å². The Morgan fingerprint density at radius 1 is 0.382 bits per heavy atom. The van der Waals surface area contributed by atoms with E-state index in [1.165, 1.54) is 90.8 Å². The van der Waals surface area contributed by atoms with Crippen LogP contribution in [-0.4, -0.2) is 4.57 Å². The summed E-state index contributed by atoms with van der Waals surface area (Å²) in [6, 6.07) is 71.5. The molecule has 3 heteroatoms. The van der Waals surface area contributed by atoms with E-state index in [0.717, 1.165) is 17.1 Å². The summed E-state index contributed by atoms with van der Waals surface area (Å²) in [6.07, 6.45) is 0. The van der Waals surface area contributed by atoms with E-state index in [2.05, 4.69) is 204 Å². The second-order valence-electron chi connectivity index (χ2n) is 14.5. The number of fused-ring (bicyclic) bond motifs is 13. The fourth-order valence-corrected chi connectivity index (χ4v) is 10.4. The number of anilines is 3. The number of benzene rings is 10. The van der Waals surface area contributed by atoms with Crippen molar-refractivity contribution < 1.29 is 0 Å². The SMILES string of the molecule is c1ccc2cc(-n3c4ccc(N(c5cccc6ccccc56)c5cccc6ccccc56)cc4c4c5ccccc5c5c6ccccc6sc5c43)ccc2c1. The Morgan fingerprint density at radius 2 is 0.945 bits per heavy atom. The van der Waals surface area contributed by atoms with Gasteiger partial charge in [-0.25, -0.2) is 0 Å². The van der Waals surface area contributed by atoms with Gasteiger partial charge in [0.15, 0.2) is 0 Å². The van der Waals surface area contributed by atoms with Crippen molar-refractivity contribution in [1.82, 2.24) is 4.57 Å². The summed E-state index contributed by atoms with van der Waals surface area (Å²) in [7, 11) is 0. The second kappa shape index (κ2) is 11.8. The average Bonchev–Trinajstić information content (AvgIpc) is 3.81. The summed E-state index contributed by atoms with van der Waals surface area (Å²) in [4.78, 5) is 2.48. The molecule has 2 nitrogen and oxygen atoms in total. The van der Waals surface area contributed by atoms with E-state index in [1.54, 1.807) is 0 Å². The quantitative estimate of drug-likeness (QED) is 0.176. The zero-order valence-corrected chi connectivity index (χ0v) is 30.6. The van der Waals surface area contributed by atoms with Gasteiger partial charge < -0.3 is 9.47 Å². The largest absolute Gasteiger partial charge is 0.309 e. The molecule has 0 aliphatic carbocycles. The van der Waals surface area contributed by atoms with E-state index < -0.39 is 0 Å². The Labute approximate surface area is 321 Å². The lowest BCUT2D eigenvalue weighted by molar-refractivity contribution is 1.19. The third-order valence-corrected chi connectivity index (χ3v) is 12.7. The summed E-state index contributed by atoms with van der Waals surface area (Å²) in [5, 5.41) is 15.1. The fraction of sp³-hybridized carbons (Fsp3) is 0.